The molecule has 1 saturated heterocycles. The van der Waals surface area contributed by atoms with Crippen molar-refractivity contribution in [3.63, 3.8) is 0 Å². The maximum atomic E-state index is 2.73. The van der Waals surface area contributed by atoms with E-state index in [2.05, 4.69) is 37.8 Å². The van der Waals surface area contributed by atoms with Crippen molar-refractivity contribution in [3.05, 3.63) is 0 Å². The Balaban J connectivity index is 1.51. The summed E-state index contributed by atoms with van der Waals surface area (Å²) in [6, 6.07) is 0. The maximum Gasteiger partial charge on any atom is 0.0201 e. The van der Waals surface area contributed by atoms with Gasteiger partial charge in [0.15, 0.2) is 0 Å². The second kappa shape index (κ2) is 8.83. The molecule has 3 heteroatoms. The summed E-state index contributed by atoms with van der Waals surface area (Å²) in [6.07, 6.45) is 11.5. The minimum Gasteiger partial charge on any atom is -0.303 e. The Kier molecular flexibility index (Phi) is 7.45. The fourth-order valence-corrected chi connectivity index (χ4v) is 3.79. The number of hydrogen-bond acceptors (Lipinski definition) is 2. The van der Waals surface area contributed by atoms with Crippen LogP contribution in [0.2, 0.25) is 0 Å². The van der Waals surface area contributed by atoms with E-state index in [0.29, 0.717) is 0 Å². The van der Waals surface area contributed by atoms with Gasteiger partial charge in [0.05, 0.1) is 0 Å². The van der Waals surface area contributed by atoms with E-state index in [1.54, 1.807) is 0 Å². The van der Waals surface area contributed by atoms with Gasteiger partial charge in [-0.2, -0.15) is 0 Å². The molecule has 1 saturated carbocycles. The Labute approximate surface area is 133 Å². The Bertz CT molecular complexity index is 235. The fourth-order valence-electron chi connectivity index (χ4n) is 3.23. The third-order valence-corrected chi connectivity index (χ3v) is 5.61. The molecular weight excluding hydrogens is 347 g/mol. The lowest BCUT2D eigenvalue weighted by molar-refractivity contribution is 0.246. The third kappa shape index (κ3) is 6.76. The first-order valence-electron chi connectivity index (χ1n) is 8.41. The second-order valence-electron chi connectivity index (χ2n) is 6.59. The van der Waals surface area contributed by atoms with Crippen molar-refractivity contribution in [2.45, 2.75) is 58.3 Å². The molecule has 0 atom stereocenters. The average molecular weight is 378 g/mol. The maximum absolute atomic E-state index is 2.73. The summed E-state index contributed by atoms with van der Waals surface area (Å²) in [6.45, 7) is 9.02. The molecule has 112 valence electrons. The number of halogens is 1. The SMILES string of the molecule is CCCN(CCCCC1CCN(I)CC1)CC1CC1. The van der Waals surface area contributed by atoms with Crippen LogP contribution in [0.1, 0.15) is 58.3 Å². The molecule has 0 N–H and O–H groups in total. The van der Waals surface area contributed by atoms with Crippen LogP contribution in [0, 0.1) is 11.8 Å². The summed E-state index contributed by atoms with van der Waals surface area (Å²) < 4.78 is 2.45. The third-order valence-electron chi connectivity index (χ3n) is 4.65. The first-order valence-corrected chi connectivity index (χ1v) is 9.37. The highest BCUT2D eigenvalue weighted by Gasteiger charge is 2.23. The molecule has 0 unspecified atom stereocenters. The Hall–Kier alpha value is 0.650. The van der Waals surface area contributed by atoms with E-state index in [0.717, 1.165) is 11.8 Å². The molecule has 2 fully saturated rings. The lowest BCUT2D eigenvalue weighted by Gasteiger charge is -2.27. The summed E-state index contributed by atoms with van der Waals surface area (Å²) in [4.78, 5) is 2.73. The molecule has 2 nitrogen and oxygen atoms in total. The predicted octanol–water partition coefficient (Wildman–Crippen LogP) is 4.34. The van der Waals surface area contributed by atoms with Crippen molar-refractivity contribution in [3.8, 4) is 0 Å². The van der Waals surface area contributed by atoms with Crippen LogP contribution in [0.25, 0.3) is 0 Å². The molecule has 2 rings (SSSR count). The van der Waals surface area contributed by atoms with Gasteiger partial charge in [0.1, 0.15) is 0 Å². The topological polar surface area (TPSA) is 6.48 Å². The normalized spacial score (nSPS) is 22.3. The van der Waals surface area contributed by atoms with Gasteiger partial charge in [-0.1, -0.05) is 19.8 Å². The summed E-state index contributed by atoms with van der Waals surface area (Å²) in [5.41, 5.74) is 0. The van der Waals surface area contributed by atoms with E-state index in [1.807, 2.05) is 0 Å². The minimum absolute atomic E-state index is 1.02. The zero-order valence-electron chi connectivity index (χ0n) is 12.6. The number of piperidine rings is 1. The Morgan fingerprint density at radius 3 is 2.37 bits per heavy atom. The van der Waals surface area contributed by atoms with Gasteiger partial charge in [-0.05, 0) is 63.5 Å². The molecule has 2 aliphatic rings. The Morgan fingerprint density at radius 2 is 1.74 bits per heavy atom. The van der Waals surface area contributed by atoms with E-state index >= 15 is 0 Å². The van der Waals surface area contributed by atoms with Crippen LogP contribution in [0.4, 0.5) is 0 Å². The monoisotopic (exact) mass is 378 g/mol. The minimum atomic E-state index is 1.02. The van der Waals surface area contributed by atoms with Gasteiger partial charge >= 0.3 is 0 Å². The first kappa shape index (κ1) is 16.0. The van der Waals surface area contributed by atoms with Crippen molar-refractivity contribution in [2.24, 2.45) is 11.8 Å². The van der Waals surface area contributed by atoms with Gasteiger partial charge < -0.3 is 4.90 Å². The molecule has 0 amide bonds. The fraction of sp³-hybridized carbons (Fsp3) is 1.00. The van der Waals surface area contributed by atoms with Crippen molar-refractivity contribution in [1.82, 2.24) is 8.01 Å². The molecular formula is C16H31IN2. The molecule has 1 heterocycles. The summed E-state index contributed by atoms with van der Waals surface area (Å²) >= 11 is 2.47. The highest BCUT2D eigenvalue weighted by atomic mass is 127. The van der Waals surface area contributed by atoms with Crippen LogP contribution < -0.4 is 0 Å². The van der Waals surface area contributed by atoms with Gasteiger partial charge in [-0.15, -0.1) is 0 Å². The van der Waals surface area contributed by atoms with Gasteiger partial charge in [0.25, 0.3) is 0 Å². The van der Waals surface area contributed by atoms with Crippen LogP contribution in [-0.2, 0) is 0 Å². The van der Waals surface area contributed by atoms with Gasteiger partial charge in [0, 0.05) is 42.5 Å². The molecule has 0 bridgehead atoms. The van der Waals surface area contributed by atoms with E-state index in [9.17, 15) is 0 Å². The van der Waals surface area contributed by atoms with E-state index in [1.165, 1.54) is 84.1 Å². The second-order valence-corrected chi connectivity index (χ2v) is 7.96. The molecule has 0 aromatic carbocycles. The van der Waals surface area contributed by atoms with Crippen LogP contribution in [0.3, 0.4) is 0 Å². The molecule has 0 radical (unpaired) electrons. The lowest BCUT2D eigenvalue weighted by Crippen LogP contribution is -2.28. The summed E-state index contributed by atoms with van der Waals surface area (Å²) in [5.74, 6) is 2.08. The van der Waals surface area contributed by atoms with E-state index in [4.69, 9.17) is 0 Å². The lowest BCUT2D eigenvalue weighted by atomic mass is 9.92. The zero-order valence-corrected chi connectivity index (χ0v) is 14.8. The highest BCUT2D eigenvalue weighted by Crippen LogP contribution is 2.30. The first-order chi connectivity index (χ1) is 9.28. The molecule has 0 aromatic rings. The quantitative estimate of drug-likeness (QED) is 0.335. The van der Waals surface area contributed by atoms with Crippen LogP contribution >= 0.6 is 22.9 Å². The average Bonchev–Trinajstić information content (AvgIpc) is 3.21. The molecule has 0 aromatic heterocycles. The number of nitrogens with zero attached hydrogens (tertiary/aromatic N) is 2. The van der Waals surface area contributed by atoms with Crippen molar-refractivity contribution in [1.29, 1.82) is 0 Å². The van der Waals surface area contributed by atoms with Crippen molar-refractivity contribution >= 4 is 22.9 Å². The van der Waals surface area contributed by atoms with Gasteiger partial charge in [0.2, 0.25) is 0 Å². The van der Waals surface area contributed by atoms with Crippen molar-refractivity contribution in [2.75, 3.05) is 32.7 Å². The van der Waals surface area contributed by atoms with Gasteiger partial charge in [-0.3, -0.25) is 0 Å². The summed E-state index contributed by atoms with van der Waals surface area (Å²) in [5, 5.41) is 0. The van der Waals surface area contributed by atoms with E-state index < -0.39 is 0 Å². The molecule has 1 aliphatic heterocycles. The molecule has 1 aliphatic carbocycles. The smallest absolute Gasteiger partial charge is 0.0201 e. The molecule has 19 heavy (non-hydrogen) atoms. The number of rotatable bonds is 9. The van der Waals surface area contributed by atoms with Crippen LogP contribution in [0.15, 0.2) is 0 Å². The standard InChI is InChI=1S/C16H31IN2/c1-2-10-18(14-16-6-7-16)11-4-3-5-15-8-12-19(17)13-9-15/h15-16H,2-14H2,1H3. The molecule has 0 spiro atoms. The number of hydrogen-bond donors (Lipinski definition) is 0. The van der Waals surface area contributed by atoms with E-state index in [-0.39, 0.29) is 0 Å². The Morgan fingerprint density at radius 1 is 1.00 bits per heavy atom. The van der Waals surface area contributed by atoms with Crippen LogP contribution in [0.5, 0.6) is 0 Å². The van der Waals surface area contributed by atoms with Crippen molar-refractivity contribution < 1.29 is 0 Å². The van der Waals surface area contributed by atoms with Crippen LogP contribution in [-0.4, -0.2) is 40.7 Å². The summed E-state index contributed by atoms with van der Waals surface area (Å²) in [7, 11) is 0. The largest absolute Gasteiger partial charge is 0.303 e. The predicted molar refractivity (Wildman–Crippen MR) is 91.6 cm³/mol. The highest BCUT2D eigenvalue weighted by molar-refractivity contribution is 14.1. The number of unbranched alkanes of at least 4 members (excludes halogenated alkanes) is 1. The zero-order chi connectivity index (χ0) is 13.5. The van der Waals surface area contributed by atoms with Gasteiger partial charge in [-0.25, -0.2) is 3.11 Å².